The van der Waals surface area contributed by atoms with Crippen molar-refractivity contribution in [3.8, 4) is 0 Å². The molecule has 2 saturated heterocycles. The Morgan fingerprint density at radius 1 is 1.18 bits per heavy atom. The zero-order valence-electron chi connectivity index (χ0n) is 17.2. The molecule has 2 amide bonds. The van der Waals surface area contributed by atoms with Gasteiger partial charge < -0.3 is 15.5 Å². The Labute approximate surface area is 168 Å². The van der Waals surface area contributed by atoms with Crippen molar-refractivity contribution in [1.82, 2.24) is 15.5 Å². The second kappa shape index (κ2) is 9.92. The quantitative estimate of drug-likeness (QED) is 0.752. The average molecular weight is 387 g/mol. The summed E-state index contributed by atoms with van der Waals surface area (Å²) >= 11 is 0. The van der Waals surface area contributed by atoms with Crippen LogP contribution in [0.1, 0.15) is 39.5 Å². The molecule has 2 aliphatic heterocycles. The number of nitrogens with zero attached hydrogens (tertiary/aromatic N) is 2. The van der Waals surface area contributed by atoms with E-state index in [1.807, 2.05) is 6.07 Å². The molecule has 0 unspecified atom stereocenters. The highest BCUT2D eigenvalue weighted by molar-refractivity contribution is 5.88. The number of nitrogens with one attached hydrogen (secondary N) is 2. The zero-order valence-corrected chi connectivity index (χ0v) is 17.2. The number of para-hydroxylation sites is 1. The molecule has 6 heteroatoms. The van der Waals surface area contributed by atoms with Gasteiger partial charge in [-0.2, -0.15) is 0 Å². The highest BCUT2D eigenvalue weighted by Crippen LogP contribution is 2.20. The van der Waals surface area contributed by atoms with E-state index in [-0.39, 0.29) is 30.3 Å². The molecule has 0 aliphatic carbocycles. The van der Waals surface area contributed by atoms with Crippen molar-refractivity contribution < 1.29 is 9.59 Å². The molecule has 3 rings (SSSR count). The van der Waals surface area contributed by atoms with Gasteiger partial charge in [0.15, 0.2) is 0 Å². The second-order valence-corrected chi connectivity index (χ2v) is 8.39. The van der Waals surface area contributed by atoms with Crippen LogP contribution in [0.4, 0.5) is 5.69 Å². The van der Waals surface area contributed by atoms with Gasteiger partial charge in [-0.3, -0.25) is 14.5 Å². The fraction of sp³-hybridized carbons (Fsp3) is 0.636. The molecule has 28 heavy (non-hydrogen) atoms. The van der Waals surface area contributed by atoms with Crippen molar-refractivity contribution in [2.75, 3.05) is 37.6 Å². The zero-order chi connectivity index (χ0) is 19.9. The molecule has 2 fully saturated rings. The Kier molecular flexibility index (Phi) is 7.31. The lowest BCUT2D eigenvalue weighted by atomic mass is 10.0. The lowest BCUT2D eigenvalue weighted by molar-refractivity contribution is -0.134. The molecule has 2 aliphatic rings. The fourth-order valence-corrected chi connectivity index (χ4v) is 4.06. The van der Waals surface area contributed by atoms with E-state index in [1.54, 1.807) is 0 Å². The molecule has 0 spiro atoms. The molecule has 1 atom stereocenters. The summed E-state index contributed by atoms with van der Waals surface area (Å²) in [6.45, 7) is 8.64. The first kappa shape index (κ1) is 20.6. The van der Waals surface area contributed by atoms with Gasteiger partial charge >= 0.3 is 0 Å². The highest BCUT2D eigenvalue weighted by atomic mass is 16.2. The third-order valence-corrected chi connectivity index (χ3v) is 5.80. The predicted octanol–water partition coefficient (Wildman–Crippen LogP) is 2.01. The fourth-order valence-electron chi connectivity index (χ4n) is 4.06. The number of carbonyl (C=O) groups excluding carboxylic acids is 2. The minimum Gasteiger partial charge on any atom is -0.371 e. The number of hydrogen-bond donors (Lipinski definition) is 2. The molecule has 0 aromatic heterocycles. The number of anilines is 1. The topological polar surface area (TPSA) is 64.7 Å². The maximum atomic E-state index is 12.6. The smallest absolute Gasteiger partial charge is 0.237 e. The number of benzene rings is 1. The predicted molar refractivity (Wildman–Crippen MR) is 112 cm³/mol. The third-order valence-electron chi connectivity index (χ3n) is 5.80. The summed E-state index contributed by atoms with van der Waals surface area (Å²) in [6, 6.07) is 10.3. The van der Waals surface area contributed by atoms with Gasteiger partial charge in [-0.15, -0.1) is 0 Å². The van der Waals surface area contributed by atoms with Crippen LogP contribution in [0.15, 0.2) is 30.3 Å². The Morgan fingerprint density at radius 3 is 2.57 bits per heavy atom. The molecule has 0 bridgehead atoms. The van der Waals surface area contributed by atoms with E-state index in [9.17, 15) is 9.59 Å². The number of hydrogen-bond acceptors (Lipinski definition) is 4. The summed E-state index contributed by atoms with van der Waals surface area (Å²) in [6.07, 6.45) is 3.18. The molecule has 0 radical (unpaired) electrons. The van der Waals surface area contributed by atoms with Crippen LogP contribution in [0.3, 0.4) is 0 Å². The summed E-state index contributed by atoms with van der Waals surface area (Å²) in [5.41, 5.74) is 1.24. The Bertz CT molecular complexity index is 641. The summed E-state index contributed by atoms with van der Waals surface area (Å²) in [5.74, 6) is 0.577. The first-order valence-corrected chi connectivity index (χ1v) is 10.6. The van der Waals surface area contributed by atoms with E-state index in [4.69, 9.17) is 0 Å². The minimum absolute atomic E-state index is 0.00485. The van der Waals surface area contributed by atoms with E-state index in [0.717, 1.165) is 45.4 Å². The summed E-state index contributed by atoms with van der Waals surface area (Å²) in [5, 5.41) is 6.09. The van der Waals surface area contributed by atoms with Gasteiger partial charge in [0, 0.05) is 37.9 Å². The molecule has 154 valence electrons. The SMILES string of the molecule is CC(C)CCN1CCNC(=O)[C@@H]1CC(=O)NC1CCN(c2ccccc2)CC1. The summed E-state index contributed by atoms with van der Waals surface area (Å²) in [7, 11) is 0. The number of amides is 2. The van der Waals surface area contributed by atoms with E-state index in [2.05, 4.69) is 58.5 Å². The van der Waals surface area contributed by atoms with Gasteiger partial charge in [-0.05, 0) is 43.9 Å². The molecule has 1 aromatic carbocycles. The molecule has 6 nitrogen and oxygen atoms in total. The average Bonchev–Trinajstić information content (AvgIpc) is 2.69. The maximum absolute atomic E-state index is 12.6. The molecule has 0 saturated carbocycles. The monoisotopic (exact) mass is 386 g/mol. The van der Waals surface area contributed by atoms with Gasteiger partial charge in [0.2, 0.25) is 11.8 Å². The van der Waals surface area contributed by atoms with Crippen molar-refractivity contribution >= 4 is 17.5 Å². The lowest BCUT2D eigenvalue weighted by Crippen LogP contribution is -2.57. The van der Waals surface area contributed by atoms with Crippen LogP contribution in [0, 0.1) is 5.92 Å². The minimum atomic E-state index is -0.336. The van der Waals surface area contributed by atoms with Gasteiger partial charge in [0.1, 0.15) is 0 Å². The van der Waals surface area contributed by atoms with Crippen LogP contribution >= 0.6 is 0 Å². The van der Waals surface area contributed by atoms with Crippen molar-refractivity contribution in [2.45, 2.75) is 51.6 Å². The molecule has 2 heterocycles. The maximum Gasteiger partial charge on any atom is 0.237 e. The van der Waals surface area contributed by atoms with Crippen molar-refractivity contribution in [3.05, 3.63) is 30.3 Å². The normalized spacial score (nSPS) is 21.6. The Hall–Kier alpha value is -2.08. The Balaban J connectivity index is 1.47. The number of carbonyl (C=O) groups is 2. The van der Waals surface area contributed by atoms with Crippen LogP contribution in [-0.2, 0) is 9.59 Å². The van der Waals surface area contributed by atoms with E-state index in [0.29, 0.717) is 12.5 Å². The first-order chi connectivity index (χ1) is 13.5. The largest absolute Gasteiger partial charge is 0.371 e. The highest BCUT2D eigenvalue weighted by Gasteiger charge is 2.32. The van der Waals surface area contributed by atoms with Crippen LogP contribution in [0.2, 0.25) is 0 Å². The first-order valence-electron chi connectivity index (χ1n) is 10.6. The van der Waals surface area contributed by atoms with Crippen molar-refractivity contribution in [2.24, 2.45) is 5.92 Å². The van der Waals surface area contributed by atoms with Crippen molar-refractivity contribution in [1.29, 1.82) is 0 Å². The molecule has 2 N–H and O–H groups in total. The van der Waals surface area contributed by atoms with Crippen LogP contribution < -0.4 is 15.5 Å². The van der Waals surface area contributed by atoms with Gasteiger partial charge in [-0.1, -0.05) is 32.0 Å². The van der Waals surface area contributed by atoms with Gasteiger partial charge in [0.25, 0.3) is 0 Å². The third kappa shape index (κ3) is 5.71. The number of piperidine rings is 1. The lowest BCUT2D eigenvalue weighted by Gasteiger charge is -2.36. The summed E-state index contributed by atoms with van der Waals surface area (Å²) in [4.78, 5) is 29.5. The van der Waals surface area contributed by atoms with E-state index < -0.39 is 0 Å². The van der Waals surface area contributed by atoms with Crippen LogP contribution in [0.25, 0.3) is 0 Å². The molecule has 1 aromatic rings. The van der Waals surface area contributed by atoms with Gasteiger partial charge in [-0.25, -0.2) is 0 Å². The second-order valence-electron chi connectivity index (χ2n) is 8.39. The number of piperazine rings is 1. The van der Waals surface area contributed by atoms with Crippen LogP contribution in [-0.4, -0.2) is 61.5 Å². The van der Waals surface area contributed by atoms with Crippen molar-refractivity contribution in [3.63, 3.8) is 0 Å². The summed E-state index contributed by atoms with van der Waals surface area (Å²) < 4.78 is 0. The number of rotatable bonds is 7. The van der Waals surface area contributed by atoms with E-state index >= 15 is 0 Å². The van der Waals surface area contributed by atoms with Crippen LogP contribution in [0.5, 0.6) is 0 Å². The molecular weight excluding hydrogens is 352 g/mol. The van der Waals surface area contributed by atoms with Gasteiger partial charge in [0.05, 0.1) is 12.5 Å². The van der Waals surface area contributed by atoms with E-state index in [1.165, 1.54) is 5.69 Å². The molecular formula is C22H34N4O2. The standard InChI is InChI=1S/C22H34N4O2/c1-17(2)8-12-26-15-11-23-22(28)20(26)16-21(27)24-18-9-13-25(14-10-18)19-6-4-3-5-7-19/h3-7,17-18,20H,8-16H2,1-2H3,(H,23,28)(H,24,27)/t20-/m0/s1. The Morgan fingerprint density at radius 2 is 1.89 bits per heavy atom.